The Balaban J connectivity index is -0.000000209. The van der Waals surface area contributed by atoms with Gasteiger partial charge in [0.1, 0.15) is 0 Å². The van der Waals surface area contributed by atoms with Gasteiger partial charge in [-0.05, 0) is 25.7 Å². The molecule has 0 saturated carbocycles. The van der Waals surface area contributed by atoms with Gasteiger partial charge in [-0.15, -0.1) is 0 Å². The molecule has 0 aliphatic carbocycles. The van der Waals surface area contributed by atoms with E-state index >= 15 is 0 Å². The van der Waals surface area contributed by atoms with Gasteiger partial charge in [-0.3, -0.25) is 0 Å². The maximum absolute atomic E-state index is 10.2. The van der Waals surface area contributed by atoms with Gasteiger partial charge in [0, 0.05) is 11.9 Å². The van der Waals surface area contributed by atoms with E-state index in [0.29, 0.717) is 0 Å². The maximum atomic E-state index is 10.2. The van der Waals surface area contributed by atoms with Crippen LogP contribution >= 0.6 is 0 Å². The molecule has 256 valence electrons. The Labute approximate surface area is 284 Å². The van der Waals surface area contributed by atoms with Crippen molar-refractivity contribution >= 4 is 35.0 Å². The van der Waals surface area contributed by atoms with Gasteiger partial charge in [0.15, 0.2) is 0 Å². The Kier molecular flexibility index (Phi) is 58.9. The molecule has 7 heteroatoms. The number of carbonyl (C=O) groups excluding carboxylic acids is 2. The van der Waals surface area contributed by atoms with E-state index < -0.39 is 11.9 Å². The summed E-state index contributed by atoms with van der Waals surface area (Å²) in [5, 5.41) is 20.4. The SMILES string of the molecule is CCCCCCCCCCCCCCCCCC(=O)[O-].CCCCCCCCCCCCCCCCCC(=O)[O-].O.O.[Mg+2]. The molecule has 6 nitrogen and oxygen atoms in total. The Morgan fingerprint density at radius 2 is 0.465 bits per heavy atom. The van der Waals surface area contributed by atoms with Gasteiger partial charge < -0.3 is 30.8 Å². The quantitative estimate of drug-likeness (QED) is 0.0551. The van der Waals surface area contributed by atoms with Crippen molar-refractivity contribution in [2.75, 3.05) is 0 Å². The largest absolute Gasteiger partial charge is 2.00 e. The summed E-state index contributed by atoms with van der Waals surface area (Å²) < 4.78 is 0. The summed E-state index contributed by atoms with van der Waals surface area (Å²) in [5.74, 6) is -1.81. The third kappa shape index (κ3) is 57.8. The molecular weight excluding hydrogens is 553 g/mol. The first-order valence-corrected chi connectivity index (χ1v) is 17.9. The fraction of sp³-hybridized carbons (Fsp3) is 0.944. The number of rotatable bonds is 32. The van der Waals surface area contributed by atoms with E-state index in [2.05, 4.69) is 13.8 Å². The Hall–Kier alpha value is -0.374. The molecule has 0 bridgehead atoms. The van der Waals surface area contributed by atoms with Crippen molar-refractivity contribution in [1.82, 2.24) is 0 Å². The van der Waals surface area contributed by atoms with Crippen molar-refractivity contribution in [3.8, 4) is 0 Å². The number of hydrogen-bond donors (Lipinski definition) is 0. The zero-order chi connectivity index (χ0) is 29.8. The molecule has 0 rings (SSSR count). The van der Waals surface area contributed by atoms with Crippen LogP contribution in [0.1, 0.15) is 219 Å². The minimum absolute atomic E-state index is 0. The first kappa shape index (κ1) is 52.2. The van der Waals surface area contributed by atoms with Crippen LogP contribution in [-0.2, 0) is 9.59 Å². The number of hydrogen-bond acceptors (Lipinski definition) is 4. The second-order valence-electron chi connectivity index (χ2n) is 12.1. The Bertz CT molecular complexity index is 460. The number of carboxylic acid groups (broad SMARTS) is 2. The predicted molar refractivity (Wildman–Crippen MR) is 182 cm³/mol. The Morgan fingerprint density at radius 3 is 0.605 bits per heavy atom. The number of carbonyl (C=O) groups is 2. The molecule has 43 heavy (non-hydrogen) atoms. The molecule has 0 atom stereocenters. The second kappa shape index (κ2) is 48.5. The van der Waals surface area contributed by atoms with Crippen LogP contribution in [0.4, 0.5) is 0 Å². The van der Waals surface area contributed by atoms with E-state index in [0.717, 1.165) is 25.7 Å². The third-order valence-electron chi connectivity index (χ3n) is 7.97. The Morgan fingerprint density at radius 1 is 0.326 bits per heavy atom. The molecule has 0 radical (unpaired) electrons. The molecule has 0 saturated heterocycles. The third-order valence-corrected chi connectivity index (χ3v) is 7.97. The van der Waals surface area contributed by atoms with Gasteiger partial charge in [0.2, 0.25) is 0 Å². The molecule has 0 fully saturated rings. The smallest absolute Gasteiger partial charge is 0.550 e. The van der Waals surface area contributed by atoms with Crippen LogP contribution in [0.15, 0.2) is 0 Å². The van der Waals surface area contributed by atoms with E-state index in [1.807, 2.05) is 0 Å². The average Bonchev–Trinajstić information content (AvgIpc) is 2.93. The van der Waals surface area contributed by atoms with Crippen molar-refractivity contribution in [3.05, 3.63) is 0 Å². The molecule has 0 aromatic rings. The van der Waals surface area contributed by atoms with Crippen LogP contribution in [0.2, 0.25) is 0 Å². The maximum Gasteiger partial charge on any atom is 2.00 e. The predicted octanol–water partition coefficient (Wildman–Crippen LogP) is 7.97. The second-order valence-corrected chi connectivity index (χ2v) is 12.1. The van der Waals surface area contributed by atoms with Gasteiger partial charge in [-0.1, -0.05) is 194 Å². The van der Waals surface area contributed by atoms with Gasteiger partial charge in [-0.25, -0.2) is 0 Å². The van der Waals surface area contributed by atoms with Crippen molar-refractivity contribution < 1.29 is 30.8 Å². The van der Waals surface area contributed by atoms with Crippen molar-refractivity contribution in [2.24, 2.45) is 0 Å². The zero-order valence-corrected chi connectivity index (χ0v) is 30.4. The summed E-state index contributed by atoms with van der Waals surface area (Å²) in [6.07, 6.45) is 39.7. The molecule has 0 aliphatic rings. The van der Waals surface area contributed by atoms with E-state index in [1.54, 1.807) is 0 Å². The monoisotopic (exact) mass is 627 g/mol. The first-order chi connectivity index (χ1) is 19.5. The number of unbranched alkanes of at least 4 members (excludes halogenated alkanes) is 28. The molecule has 0 aromatic carbocycles. The van der Waals surface area contributed by atoms with Crippen LogP contribution in [0.3, 0.4) is 0 Å². The average molecular weight is 627 g/mol. The summed E-state index contributed by atoms with van der Waals surface area (Å²) >= 11 is 0. The van der Waals surface area contributed by atoms with Crippen molar-refractivity contribution in [2.45, 2.75) is 219 Å². The van der Waals surface area contributed by atoms with Crippen LogP contribution in [0, 0.1) is 0 Å². The minimum Gasteiger partial charge on any atom is -0.550 e. The van der Waals surface area contributed by atoms with Crippen LogP contribution in [0.5, 0.6) is 0 Å². The van der Waals surface area contributed by atoms with Crippen LogP contribution < -0.4 is 10.2 Å². The molecule has 0 spiro atoms. The summed E-state index contributed by atoms with van der Waals surface area (Å²) in [5.41, 5.74) is 0. The number of aliphatic carboxylic acids is 2. The minimum atomic E-state index is -0.903. The first-order valence-electron chi connectivity index (χ1n) is 17.9. The summed E-state index contributed by atoms with van der Waals surface area (Å²) in [4.78, 5) is 20.4. The van der Waals surface area contributed by atoms with Crippen molar-refractivity contribution in [3.63, 3.8) is 0 Å². The van der Waals surface area contributed by atoms with E-state index in [9.17, 15) is 19.8 Å². The standard InChI is InChI=1S/2C18H36O2.Mg.2H2O/c2*1-2-3-4-5-6-7-8-9-10-11-12-13-14-15-16-17-18(19)20;;;/h2*2-17H2,1H3,(H,19,20);;2*1H2/q;;+2;;/p-2. The molecule has 0 aromatic heterocycles. The van der Waals surface area contributed by atoms with Crippen LogP contribution in [-0.4, -0.2) is 45.9 Å². The molecule has 4 N–H and O–H groups in total. The van der Waals surface area contributed by atoms with E-state index in [-0.39, 0.29) is 46.8 Å². The van der Waals surface area contributed by atoms with Crippen LogP contribution in [0.25, 0.3) is 0 Å². The van der Waals surface area contributed by atoms with E-state index in [1.165, 1.54) is 167 Å². The molecular formula is C36H74MgO6. The van der Waals surface area contributed by atoms with Gasteiger partial charge in [0.25, 0.3) is 0 Å². The molecule has 0 heterocycles. The number of carboxylic acids is 2. The summed E-state index contributed by atoms with van der Waals surface area (Å²) in [6.45, 7) is 4.53. The fourth-order valence-electron chi connectivity index (χ4n) is 5.28. The normalized spacial score (nSPS) is 10.1. The summed E-state index contributed by atoms with van der Waals surface area (Å²) in [7, 11) is 0. The molecule has 0 unspecified atom stereocenters. The van der Waals surface area contributed by atoms with Gasteiger partial charge >= 0.3 is 23.1 Å². The van der Waals surface area contributed by atoms with E-state index in [4.69, 9.17) is 0 Å². The molecule has 0 aliphatic heterocycles. The van der Waals surface area contributed by atoms with Gasteiger partial charge in [-0.2, -0.15) is 0 Å². The summed E-state index contributed by atoms with van der Waals surface area (Å²) in [6, 6.07) is 0. The molecule has 0 amide bonds. The zero-order valence-electron chi connectivity index (χ0n) is 29.0. The van der Waals surface area contributed by atoms with Crippen molar-refractivity contribution in [1.29, 1.82) is 0 Å². The van der Waals surface area contributed by atoms with Gasteiger partial charge in [0.05, 0.1) is 0 Å². The fourth-order valence-corrected chi connectivity index (χ4v) is 5.28. The topological polar surface area (TPSA) is 143 Å².